The fourth-order valence-corrected chi connectivity index (χ4v) is 11.0. The van der Waals surface area contributed by atoms with Crippen LogP contribution in [0, 0.1) is 0 Å². The number of aliphatic hydroxyl groups excluding tert-OH is 9. The number of rotatable bonds is 30. The number of aliphatic hydroxyl groups is 9. The number of carbonyl (C=O) groups excluding carboxylic acids is 3. The SMILES string of the molecule is CCCCCCCCCCCC1CC(=O)OCC2OC(OC(CCCCCCCCCCC)CC(=O)OCC3OC(OC(CCCCCCCCCCC)CC(=O)OCC4OC(O1)C(O)C(O)C4O)C(O)C(O)C3O)C(O)C(O)C2O. The molecule has 4 heterocycles. The van der Waals surface area contributed by atoms with Crippen molar-refractivity contribution in [2.45, 2.75) is 343 Å². The smallest absolute Gasteiger partial charge is 0.308 e. The van der Waals surface area contributed by atoms with E-state index in [9.17, 15) is 60.3 Å². The van der Waals surface area contributed by atoms with E-state index in [1.54, 1.807) is 0 Å². The van der Waals surface area contributed by atoms with Gasteiger partial charge in [0.1, 0.15) is 93.1 Å². The number of cyclic esters (lactones) is 3. The Kier molecular flexibility index (Phi) is 36.1. The molecule has 21 heteroatoms. The molecule has 0 aromatic rings. The summed E-state index contributed by atoms with van der Waals surface area (Å²) in [6.45, 7) is 4.69. The van der Waals surface area contributed by atoms with Gasteiger partial charge in [0.05, 0.1) is 37.6 Å². The van der Waals surface area contributed by atoms with Crippen LogP contribution in [0.25, 0.3) is 0 Å². The first-order valence-corrected chi connectivity index (χ1v) is 31.6. The van der Waals surface area contributed by atoms with E-state index < -0.39 is 167 Å². The van der Waals surface area contributed by atoms with Crippen LogP contribution in [0.3, 0.4) is 0 Å². The first kappa shape index (κ1) is 71.3. The van der Waals surface area contributed by atoms with Gasteiger partial charge in [0.25, 0.3) is 0 Å². The van der Waals surface area contributed by atoms with Crippen molar-refractivity contribution in [3.63, 3.8) is 0 Å². The van der Waals surface area contributed by atoms with Crippen LogP contribution in [0.5, 0.6) is 0 Å². The third-order valence-corrected chi connectivity index (χ3v) is 16.3. The summed E-state index contributed by atoms with van der Waals surface area (Å²) < 4.78 is 53.3. The molecule has 4 aliphatic rings. The lowest BCUT2D eigenvalue weighted by Crippen LogP contribution is -2.60. The lowest BCUT2D eigenvalue weighted by atomic mass is 9.98. The number of fused-ring (bicyclic) bond motifs is 6. The molecule has 0 radical (unpaired) electrons. The van der Waals surface area contributed by atoms with Gasteiger partial charge in [0, 0.05) is 0 Å². The van der Waals surface area contributed by atoms with Crippen molar-refractivity contribution in [1.82, 2.24) is 0 Å². The highest BCUT2D eigenvalue weighted by Crippen LogP contribution is 2.31. The Morgan fingerprint density at radius 3 is 0.716 bits per heavy atom. The average Bonchev–Trinajstić information content (AvgIpc) is 3.60. The summed E-state index contributed by atoms with van der Waals surface area (Å²) in [4.78, 5) is 41.0. The molecule has 81 heavy (non-hydrogen) atoms. The predicted molar refractivity (Wildman–Crippen MR) is 297 cm³/mol. The number of hydrogen-bond donors (Lipinski definition) is 9. The van der Waals surface area contributed by atoms with E-state index in [1.807, 2.05) is 0 Å². The molecule has 0 aromatic carbocycles. The highest BCUT2D eigenvalue weighted by molar-refractivity contribution is 5.70. The van der Waals surface area contributed by atoms with Gasteiger partial charge in [0.2, 0.25) is 0 Å². The first-order chi connectivity index (χ1) is 39.1. The van der Waals surface area contributed by atoms with Crippen LogP contribution >= 0.6 is 0 Å². The summed E-state index contributed by atoms with van der Waals surface area (Å²) >= 11 is 0. The van der Waals surface area contributed by atoms with Crippen LogP contribution in [0.2, 0.25) is 0 Å². The molecule has 9 N–H and O–H groups in total. The largest absolute Gasteiger partial charge is 0.463 e. The molecular weight excluding hydrogens is 1060 g/mol. The molecule has 4 fully saturated rings. The van der Waals surface area contributed by atoms with Crippen molar-refractivity contribution in [2.75, 3.05) is 19.8 Å². The molecule has 0 aliphatic carbocycles. The van der Waals surface area contributed by atoms with Crippen molar-refractivity contribution < 1.29 is 103 Å². The van der Waals surface area contributed by atoms with E-state index >= 15 is 0 Å². The number of carbonyl (C=O) groups is 3. The molecule has 0 saturated carbocycles. The number of ether oxygens (including phenoxy) is 9. The minimum Gasteiger partial charge on any atom is -0.463 e. The summed E-state index contributed by atoms with van der Waals surface area (Å²) in [5, 5.41) is 99.8. The maximum atomic E-state index is 13.7. The molecule has 4 aliphatic heterocycles. The summed E-state index contributed by atoms with van der Waals surface area (Å²) in [5.74, 6) is -2.45. The zero-order valence-electron chi connectivity index (χ0n) is 49.3. The third kappa shape index (κ3) is 26.5. The van der Waals surface area contributed by atoms with Gasteiger partial charge in [-0.25, -0.2) is 0 Å². The van der Waals surface area contributed by atoms with Crippen LogP contribution < -0.4 is 0 Å². The standard InChI is InChI=1S/C60H108O21/c1-4-7-10-13-16-19-22-25-28-31-40-34-46(61)73-37-44-50(65)53(68)56(71)59(80-44)77-42(33-30-27-24-21-18-15-12-9-6-3)36-48(63)75-39-45-51(66)54(69)57(72)60(81-45)78-41(32-29-26-23-20-17-14-11-8-5-2)35-47(62)74-38-43-49(64)52(67)55(70)58(76-40)79-43/h40-45,49-60,64-72H,4-39H2,1-3H3. The summed E-state index contributed by atoms with van der Waals surface area (Å²) in [6.07, 6.45) is -0.903. The van der Waals surface area contributed by atoms with Gasteiger partial charge in [0.15, 0.2) is 18.9 Å². The molecular formula is C60H108O21. The van der Waals surface area contributed by atoms with Crippen LogP contribution in [0.15, 0.2) is 0 Å². The topological polar surface area (TPSA) is 316 Å². The zero-order valence-corrected chi connectivity index (χ0v) is 49.3. The number of unbranched alkanes of at least 4 members (excludes halogenated alkanes) is 24. The Balaban J connectivity index is 1.58. The summed E-state index contributed by atoms with van der Waals surface area (Å²) in [6, 6.07) is 0. The van der Waals surface area contributed by atoms with E-state index in [4.69, 9.17) is 42.6 Å². The van der Waals surface area contributed by atoms with Gasteiger partial charge in [-0.1, -0.05) is 194 Å². The molecule has 18 unspecified atom stereocenters. The Labute approximate surface area is 482 Å². The van der Waals surface area contributed by atoms with Gasteiger partial charge in [-0.2, -0.15) is 0 Å². The van der Waals surface area contributed by atoms with Gasteiger partial charge < -0.3 is 88.6 Å². The second-order valence-corrected chi connectivity index (χ2v) is 23.3. The Morgan fingerprint density at radius 2 is 0.494 bits per heavy atom. The van der Waals surface area contributed by atoms with E-state index in [2.05, 4.69) is 20.8 Å². The quantitative estimate of drug-likeness (QED) is 0.0221. The molecule has 6 bridgehead atoms. The lowest BCUT2D eigenvalue weighted by Gasteiger charge is -2.41. The van der Waals surface area contributed by atoms with Crippen molar-refractivity contribution in [3.05, 3.63) is 0 Å². The highest BCUT2D eigenvalue weighted by Gasteiger charge is 2.49. The molecule has 474 valence electrons. The molecule has 18 atom stereocenters. The Bertz CT molecular complexity index is 1480. The number of hydrogen-bond acceptors (Lipinski definition) is 21. The fraction of sp³-hybridized carbons (Fsp3) is 0.950. The number of esters is 3. The van der Waals surface area contributed by atoms with Gasteiger partial charge in [-0.15, -0.1) is 0 Å². The Morgan fingerprint density at radius 1 is 0.284 bits per heavy atom. The fourth-order valence-electron chi connectivity index (χ4n) is 11.0. The van der Waals surface area contributed by atoms with Crippen molar-refractivity contribution in [3.8, 4) is 0 Å². The van der Waals surface area contributed by atoms with E-state index in [-0.39, 0.29) is 0 Å². The van der Waals surface area contributed by atoms with Gasteiger partial charge >= 0.3 is 17.9 Å². The van der Waals surface area contributed by atoms with E-state index in [1.165, 1.54) is 38.5 Å². The molecule has 4 saturated heterocycles. The second-order valence-electron chi connectivity index (χ2n) is 23.3. The monoisotopic (exact) mass is 1160 g/mol. The zero-order chi connectivity index (χ0) is 58.9. The van der Waals surface area contributed by atoms with Crippen LogP contribution in [-0.4, -0.2) is 194 Å². The van der Waals surface area contributed by atoms with Crippen LogP contribution in [0.1, 0.15) is 233 Å². The lowest BCUT2D eigenvalue weighted by molar-refractivity contribution is -0.314. The van der Waals surface area contributed by atoms with E-state index in [0.717, 1.165) is 116 Å². The van der Waals surface area contributed by atoms with E-state index in [0.29, 0.717) is 38.5 Å². The van der Waals surface area contributed by atoms with Gasteiger partial charge in [-0.3, -0.25) is 14.4 Å². The molecule has 0 aromatic heterocycles. The molecule has 0 amide bonds. The van der Waals surface area contributed by atoms with Crippen LogP contribution in [0.4, 0.5) is 0 Å². The van der Waals surface area contributed by atoms with Gasteiger partial charge in [-0.05, 0) is 19.3 Å². The highest BCUT2D eigenvalue weighted by atomic mass is 16.7. The predicted octanol–water partition coefficient (Wildman–Crippen LogP) is 6.14. The summed E-state index contributed by atoms with van der Waals surface area (Å²) in [5.41, 5.74) is 0. The van der Waals surface area contributed by atoms with Crippen molar-refractivity contribution in [1.29, 1.82) is 0 Å². The average molecular weight is 1170 g/mol. The normalized spacial score (nSPS) is 34.4. The third-order valence-electron chi connectivity index (χ3n) is 16.3. The minimum absolute atomic E-state index is 0.290. The van der Waals surface area contributed by atoms with Crippen LogP contribution in [-0.2, 0) is 57.0 Å². The second kappa shape index (κ2) is 41.0. The Hall–Kier alpha value is -2.19. The molecule has 4 rings (SSSR count). The minimum atomic E-state index is -1.82. The van der Waals surface area contributed by atoms with Crippen molar-refractivity contribution in [2.24, 2.45) is 0 Å². The first-order valence-electron chi connectivity index (χ1n) is 31.6. The molecule has 0 spiro atoms. The summed E-state index contributed by atoms with van der Waals surface area (Å²) in [7, 11) is 0. The maximum Gasteiger partial charge on any atom is 0.308 e. The van der Waals surface area contributed by atoms with Crippen molar-refractivity contribution >= 4 is 17.9 Å². The maximum absolute atomic E-state index is 13.7. The molecule has 21 nitrogen and oxygen atoms in total.